The molecule has 2 nitrogen and oxygen atoms in total. The molecule has 7 heteroatoms. The van der Waals surface area contributed by atoms with E-state index in [9.17, 15) is 8.42 Å². The Morgan fingerprint density at radius 3 is 1.90 bits per heavy atom. The first-order valence-corrected chi connectivity index (χ1v) is 9.61. The Kier molecular flexibility index (Phi) is 7.57. The molecule has 0 spiro atoms. The molecule has 2 rings (SSSR count). The summed E-state index contributed by atoms with van der Waals surface area (Å²) >= 11 is 18.4. The maximum Gasteiger partial charge on any atom is 0.187 e. The number of hydrogen-bond donors (Lipinski definition) is 1. The van der Waals surface area contributed by atoms with Crippen LogP contribution in [0.4, 0.5) is 0 Å². The molecule has 0 fully saturated rings. The van der Waals surface area contributed by atoms with Crippen LogP contribution in [0.25, 0.3) is 0 Å². The molecule has 21 heavy (non-hydrogen) atoms. The van der Waals surface area contributed by atoms with Gasteiger partial charge in [0.25, 0.3) is 0 Å². The predicted molar refractivity (Wildman–Crippen MR) is 96.4 cm³/mol. The molecule has 0 amide bonds. The van der Waals surface area contributed by atoms with E-state index < -0.39 is 9.84 Å². The lowest BCUT2D eigenvalue weighted by Crippen LogP contribution is -2.02. The van der Waals surface area contributed by atoms with Gasteiger partial charge in [0.05, 0.1) is 24.5 Å². The van der Waals surface area contributed by atoms with Crippen LogP contribution in [-0.4, -0.2) is 13.5 Å². The molecular weight excluding hydrogens is 415 g/mol. The second-order valence-corrected chi connectivity index (χ2v) is 8.44. The Morgan fingerprint density at radius 1 is 1.10 bits per heavy atom. The zero-order valence-electron chi connectivity index (χ0n) is 11.1. The van der Waals surface area contributed by atoms with Gasteiger partial charge in [0.2, 0.25) is 0 Å². The van der Waals surface area contributed by atoms with Crippen LogP contribution in [0.2, 0.25) is 10.0 Å². The van der Waals surface area contributed by atoms with Crippen molar-refractivity contribution in [2.75, 3.05) is 5.08 Å². The van der Waals surface area contributed by atoms with Gasteiger partial charge < -0.3 is 0 Å². The van der Waals surface area contributed by atoms with Gasteiger partial charge in [-0.1, -0.05) is 59.1 Å². The molecule has 2 aromatic carbocycles. The molecular formula is C14H13BrCl2O2S2. The van der Waals surface area contributed by atoms with Crippen molar-refractivity contribution in [3.63, 3.8) is 0 Å². The van der Waals surface area contributed by atoms with E-state index in [1.165, 1.54) is 17.7 Å². The first kappa shape index (κ1) is 18.8. The van der Waals surface area contributed by atoms with Gasteiger partial charge in [0.1, 0.15) is 0 Å². The molecule has 2 aromatic rings. The number of hydrogen-bond acceptors (Lipinski definition) is 3. The summed E-state index contributed by atoms with van der Waals surface area (Å²) in [4.78, 5) is 0.0747. The van der Waals surface area contributed by atoms with Crippen molar-refractivity contribution < 1.29 is 8.42 Å². The largest absolute Gasteiger partial charge is 0.223 e. The first-order chi connectivity index (χ1) is 9.77. The van der Waals surface area contributed by atoms with Gasteiger partial charge in [-0.15, -0.1) is 0 Å². The lowest BCUT2D eigenvalue weighted by atomic mass is 10.2. The molecule has 0 radical (unpaired) electrons. The van der Waals surface area contributed by atoms with Gasteiger partial charge in [-0.05, 0) is 35.0 Å². The van der Waals surface area contributed by atoms with Gasteiger partial charge in [-0.25, -0.2) is 8.42 Å². The van der Waals surface area contributed by atoms with E-state index in [0.717, 1.165) is 0 Å². The van der Waals surface area contributed by atoms with Crippen molar-refractivity contribution >= 4 is 61.6 Å². The summed E-state index contributed by atoms with van der Waals surface area (Å²) in [7, 11) is -3.39. The minimum absolute atomic E-state index is 0.0747. The second kappa shape index (κ2) is 8.44. The van der Waals surface area contributed by atoms with Crippen molar-refractivity contribution in [2.24, 2.45) is 0 Å². The van der Waals surface area contributed by atoms with Crippen LogP contribution in [0.1, 0.15) is 5.56 Å². The van der Waals surface area contributed by atoms with Crippen LogP contribution in [0.15, 0.2) is 51.8 Å². The molecule has 0 heterocycles. The molecule has 0 saturated heterocycles. The van der Waals surface area contributed by atoms with Gasteiger partial charge in [0.15, 0.2) is 9.84 Å². The highest BCUT2D eigenvalue weighted by Gasteiger charge is 2.15. The van der Waals surface area contributed by atoms with Crippen molar-refractivity contribution in [1.82, 2.24) is 0 Å². The Balaban J connectivity index is 0.000000262. The molecule has 0 aromatic heterocycles. The number of aryl methyl sites for hydroxylation is 1. The molecule has 114 valence electrons. The summed E-state index contributed by atoms with van der Waals surface area (Å²) in [5, 5.41) is 0.247. The third-order valence-electron chi connectivity index (χ3n) is 2.43. The fraction of sp³-hybridized carbons (Fsp3) is 0.143. The SMILES string of the molecule is Cc1ccccc1.O=S(=O)(CS)c1cc(Cl)c(Br)c(Cl)c1. The summed E-state index contributed by atoms with van der Waals surface area (Å²) in [5.41, 5.74) is 1.32. The van der Waals surface area contributed by atoms with Crippen LogP contribution >= 0.6 is 51.8 Å². The summed E-state index contributed by atoms with van der Waals surface area (Å²) < 4.78 is 23.3. The Hall–Kier alpha value is -0.200. The number of benzene rings is 2. The number of rotatable bonds is 2. The van der Waals surface area contributed by atoms with Crippen LogP contribution in [0, 0.1) is 6.92 Å². The maximum atomic E-state index is 11.4. The van der Waals surface area contributed by atoms with Crippen molar-refractivity contribution in [2.45, 2.75) is 11.8 Å². The minimum Gasteiger partial charge on any atom is -0.223 e. The molecule has 0 bridgehead atoms. The number of halogens is 3. The van der Waals surface area contributed by atoms with Crippen LogP contribution in [0.5, 0.6) is 0 Å². The van der Waals surface area contributed by atoms with E-state index in [1.807, 2.05) is 18.2 Å². The average Bonchev–Trinajstić information content (AvgIpc) is 2.45. The van der Waals surface area contributed by atoms with Crippen LogP contribution in [-0.2, 0) is 9.84 Å². The third kappa shape index (κ3) is 5.83. The Labute approximate surface area is 148 Å². The zero-order chi connectivity index (χ0) is 16.0. The highest BCUT2D eigenvalue weighted by atomic mass is 79.9. The fourth-order valence-corrected chi connectivity index (χ4v) is 3.36. The lowest BCUT2D eigenvalue weighted by molar-refractivity contribution is 0.601. The maximum absolute atomic E-state index is 11.4. The molecule has 0 atom stereocenters. The molecule has 0 N–H and O–H groups in total. The van der Waals surface area contributed by atoms with Gasteiger partial charge in [-0.2, -0.15) is 12.6 Å². The molecule has 0 unspecified atom stereocenters. The monoisotopic (exact) mass is 426 g/mol. The van der Waals surface area contributed by atoms with Crippen molar-refractivity contribution in [3.8, 4) is 0 Å². The van der Waals surface area contributed by atoms with E-state index in [2.05, 4.69) is 47.6 Å². The lowest BCUT2D eigenvalue weighted by Gasteiger charge is -2.04. The van der Waals surface area contributed by atoms with E-state index in [-0.39, 0.29) is 20.0 Å². The summed E-state index contributed by atoms with van der Waals surface area (Å²) in [5.74, 6) is 0. The predicted octanol–water partition coefficient (Wildman–Crippen LogP) is 5.41. The highest BCUT2D eigenvalue weighted by molar-refractivity contribution is 9.10. The molecule has 0 aliphatic carbocycles. The van der Waals surface area contributed by atoms with E-state index in [0.29, 0.717) is 4.47 Å². The second-order valence-electron chi connectivity index (χ2n) is 4.10. The first-order valence-electron chi connectivity index (χ1n) is 5.77. The highest BCUT2D eigenvalue weighted by Crippen LogP contribution is 2.33. The van der Waals surface area contributed by atoms with Crippen molar-refractivity contribution in [1.29, 1.82) is 0 Å². The van der Waals surface area contributed by atoms with E-state index in [4.69, 9.17) is 23.2 Å². The fourth-order valence-electron chi connectivity index (χ4n) is 1.32. The molecule has 0 aliphatic rings. The number of sulfone groups is 1. The van der Waals surface area contributed by atoms with Crippen LogP contribution in [0.3, 0.4) is 0 Å². The summed E-state index contributed by atoms with van der Waals surface area (Å²) in [6.45, 7) is 2.08. The number of thiol groups is 1. The van der Waals surface area contributed by atoms with Gasteiger partial charge >= 0.3 is 0 Å². The zero-order valence-corrected chi connectivity index (χ0v) is 15.9. The summed E-state index contributed by atoms with van der Waals surface area (Å²) in [6.07, 6.45) is 0. The van der Waals surface area contributed by atoms with E-state index >= 15 is 0 Å². The van der Waals surface area contributed by atoms with Crippen LogP contribution < -0.4 is 0 Å². The smallest absolute Gasteiger partial charge is 0.187 e. The quantitative estimate of drug-likeness (QED) is 0.513. The summed E-state index contributed by atoms with van der Waals surface area (Å²) in [6, 6.07) is 12.9. The normalized spacial score (nSPS) is 10.7. The van der Waals surface area contributed by atoms with Gasteiger partial charge in [0, 0.05) is 0 Å². The average molecular weight is 428 g/mol. The van der Waals surface area contributed by atoms with Gasteiger partial charge in [-0.3, -0.25) is 0 Å². The molecule has 0 aliphatic heterocycles. The topological polar surface area (TPSA) is 34.1 Å². The Bertz CT molecular complexity index is 681. The standard InChI is InChI=1S/C7H5BrCl2O2S2.C7H8/c8-7-5(9)1-4(2-6(7)10)14(11,12)3-13;1-7-5-3-2-4-6-7/h1-2,13H,3H2;2-6H,1H3. The van der Waals surface area contributed by atoms with Crippen molar-refractivity contribution in [3.05, 3.63) is 62.5 Å². The van der Waals surface area contributed by atoms with E-state index in [1.54, 1.807) is 0 Å². The Morgan fingerprint density at radius 2 is 1.57 bits per heavy atom. The third-order valence-corrected chi connectivity index (χ3v) is 6.65. The molecule has 0 saturated carbocycles. The minimum atomic E-state index is -3.39.